The van der Waals surface area contributed by atoms with Crippen LogP contribution < -0.4 is 4.90 Å². The Labute approximate surface area is 123 Å². The van der Waals surface area contributed by atoms with Gasteiger partial charge >= 0.3 is 0 Å². The van der Waals surface area contributed by atoms with Crippen molar-refractivity contribution in [3.05, 3.63) is 52.7 Å². The van der Waals surface area contributed by atoms with Crippen LogP contribution in [0.3, 0.4) is 0 Å². The molecule has 0 radical (unpaired) electrons. The van der Waals surface area contributed by atoms with E-state index in [2.05, 4.69) is 34.2 Å². The van der Waals surface area contributed by atoms with Gasteiger partial charge in [0.25, 0.3) is 0 Å². The number of halogens is 1. The number of nitrogens with zero attached hydrogens (tertiary/aromatic N) is 3. The van der Waals surface area contributed by atoms with E-state index in [-0.39, 0.29) is 0 Å². The molecule has 0 saturated heterocycles. The highest BCUT2D eigenvalue weighted by Crippen LogP contribution is 2.36. The summed E-state index contributed by atoms with van der Waals surface area (Å²) in [6.45, 7) is 0.874. The van der Waals surface area contributed by atoms with E-state index in [0.717, 1.165) is 31.5 Å². The van der Waals surface area contributed by atoms with Crippen LogP contribution in [0.15, 0.2) is 36.5 Å². The zero-order valence-electron chi connectivity index (χ0n) is 11.0. The molecule has 0 bridgehead atoms. The number of benzene rings is 1. The van der Waals surface area contributed by atoms with Crippen molar-refractivity contribution in [2.24, 2.45) is 0 Å². The Kier molecular flexibility index (Phi) is 3.58. The molecule has 0 fully saturated rings. The molecule has 0 saturated carbocycles. The first-order valence-electron chi connectivity index (χ1n) is 6.71. The Morgan fingerprint density at radius 1 is 1.20 bits per heavy atom. The molecule has 1 aliphatic rings. The predicted molar refractivity (Wildman–Crippen MR) is 80.3 cm³/mol. The van der Waals surface area contributed by atoms with E-state index in [1.54, 1.807) is 12.3 Å². The zero-order chi connectivity index (χ0) is 13.9. The molecule has 3 nitrogen and oxygen atoms in total. The van der Waals surface area contributed by atoms with Gasteiger partial charge in [-0.25, -0.2) is 4.98 Å². The summed E-state index contributed by atoms with van der Waals surface area (Å²) in [5.74, 6) is 0.681. The third kappa shape index (κ3) is 2.23. The van der Waals surface area contributed by atoms with Crippen molar-refractivity contribution in [3.8, 4) is 6.07 Å². The summed E-state index contributed by atoms with van der Waals surface area (Å²) < 4.78 is 0. The Bertz CT molecular complexity index is 676. The first-order valence-corrected chi connectivity index (χ1v) is 7.09. The number of fused-ring (bicyclic) bond motifs is 1. The van der Waals surface area contributed by atoms with E-state index >= 15 is 0 Å². The minimum atomic E-state index is 0.437. The van der Waals surface area contributed by atoms with Crippen LogP contribution in [0.2, 0.25) is 5.02 Å². The Hall–Kier alpha value is -2.05. The summed E-state index contributed by atoms with van der Waals surface area (Å²) in [5, 5.41) is 9.55. The molecule has 0 N–H and O–H groups in total. The lowest BCUT2D eigenvalue weighted by molar-refractivity contribution is 0.758. The van der Waals surface area contributed by atoms with Crippen LogP contribution in [-0.4, -0.2) is 11.5 Å². The number of nitriles is 1. The monoisotopic (exact) mass is 283 g/mol. The normalized spacial score (nSPS) is 14.3. The van der Waals surface area contributed by atoms with Gasteiger partial charge in [-0.15, -0.1) is 0 Å². The van der Waals surface area contributed by atoms with Gasteiger partial charge in [-0.2, -0.15) is 5.26 Å². The van der Waals surface area contributed by atoms with Crippen molar-refractivity contribution in [2.75, 3.05) is 11.4 Å². The van der Waals surface area contributed by atoms with Gasteiger partial charge in [0.05, 0.1) is 5.56 Å². The fraction of sp³-hybridized carbons (Fsp3) is 0.250. The van der Waals surface area contributed by atoms with Gasteiger partial charge in [-0.05, 0) is 37.0 Å². The second-order valence-electron chi connectivity index (χ2n) is 4.85. The smallest absolute Gasteiger partial charge is 0.153 e. The lowest BCUT2D eigenvalue weighted by Crippen LogP contribution is -2.19. The summed E-state index contributed by atoms with van der Waals surface area (Å²) in [7, 11) is 0. The molecule has 2 aromatic rings. The third-order valence-corrected chi connectivity index (χ3v) is 3.98. The molecule has 0 unspecified atom stereocenters. The summed E-state index contributed by atoms with van der Waals surface area (Å²) >= 11 is 6.34. The minimum Gasteiger partial charge on any atom is -0.325 e. The average Bonchev–Trinajstić information content (AvgIpc) is 2.70. The largest absolute Gasteiger partial charge is 0.325 e. The van der Waals surface area contributed by atoms with Crippen molar-refractivity contribution in [1.82, 2.24) is 4.98 Å². The van der Waals surface area contributed by atoms with E-state index < -0.39 is 0 Å². The van der Waals surface area contributed by atoms with Gasteiger partial charge in [-0.3, -0.25) is 0 Å². The number of rotatable bonds is 1. The summed E-state index contributed by atoms with van der Waals surface area (Å²) in [6.07, 6.45) is 4.96. The van der Waals surface area contributed by atoms with Gasteiger partial charge in [-0.1, -0.05) is 29.8 Å². The van der Waals surface area contributed by atoms with Crippen LogP contribution in [-0.2, 0) is 6.42 Å². The highest BCUT2D eigenvalue weighted by Gasteiger charge is 2.20. The number of hydrogen-bond acceptors (Lipinski definition) is 3. The van der Waals surface area contributed by atoms with Crippen LogP contribution in [0.4, 0.5) is 11.5 Å². The lowest BCUT2D eigenvalue weighted by Gasteiger charge is -2.25. The van der Waals surface area contributed by atoms with Gasteiger partial charge in [0.1, 0.15) is 11.1 Å². The number of anilines is 2. The molecule has 0 atom stereocenters. The molecule has 0 amide bonds. The Morgan fingerprint density at radius 2 is 2.05 bits per heavy atom. The zero-order valence-corrected chi connectivity index (χ0v) is 11.8. The molecule has 100 valence electrons. The van der Waals surface area contributed by atoms with Gasteiger partial charge < -0.3 is 4.90 Å². The topological polar surface area (TPSA) is 39.9 Å². The number of aryl methyl sites for hydroxylation is 1. The molecule has 3 rings (SSSR count). The number of pyridine rings is 1. The molecule has 0 aliphatic carbocycles. The average molecular weight is 284 g/mol. The maximum atomic E-state index is 9.11. The van der Waals surface area contributed by atoms with Crippen LogP contribution in [0, 0.1) is 11.3 Å². The van der Waals surface area contributed by atoms with Gasteiger partial charge in [0.2, 0.25) is 0 Å². The molecule has 4 heteroatoms. The number of para-hydroxylation sites is 1. The van der Waals surface area contributed by atoms with Crippen molar-refractivity contribution < 1.29 is 0 Å². The SMILES string of the molecule is N#Cc1ccnc(N2CCCCc3ccccc32)c1Cl. The summed E-state index contributed by atoms with van der Waals surface area (Å²) in [4.78, 5) is 6.52. The molecular weight excluding hydrogens is 270 g/mol. The minimum absolute atomic E-state index is 0.437. The van der Waals surface area contributed by atoms with Crippen LogP contribution >= 0.6 is 11.6 Å². The second kappa shape index (κ2) is 5.52. The standard InChI is InChI=1S/C16H14ClN3/c17-15-13(11-18)8-9-19-16(15)20-10-4-3-6-12-5-1-2-7-14(12)20/h1-2,5,7-9H,3-4,6,10H2. The molecular formula is C16H14ClN3. The number of aromatic nitrogens is 1. The van der Waals surface area contributed by atoms with Crippen LogP contribution in [0.1, 0.15) is 24.0 Å². The van der Waals surface area contributed by atoms with E-state index in [0.29, 0.717) is 16.4 Å². The molecule has 20 heavy (non-hydrogen) atoms. The maximum Gasteiger partial charge on any atom is 0.153 e. The quantitative estimate of drug-likeness (QED) is 0.792. The van der Waals surface area contributed by atoms with Crippen LogP contribution in [0.5, 0.6) is 0 Å². The molecule has 2 heterocycles. The molecule has 1 aromatic heterocycles. The van der Waals surface area contributed by atoms with Gasteiger partial charge in [0.15, 0.2) is 5.82 Å². The third-order valence-electron chi connectivity index (χ3n) is 3.61. The van der Waals surface area contributed by atoms with Crippen molar-refractivity contribution in [2.45, 2.75) is 19.3 Å². The predicted octanol–water partition coefficient (Wildman–Crippen LogP) is 4.08. The van der Waals surface area contributed by atoms with E-state index in [4.69, 9.17) is 16.9 Å². The molecule has 1 aliphatic heterocycles. The molecule has 1 aromatic carbocycles. The summed E-state index contributed by atoms with van der Waals surface area (Å²) in [6, 6.07) is 12.1. The number of hydrogen-bond donors (Lipinski definition) is 0. The van der Waals surface area contributed by atoms with E-state index in [1.807, 2.05) is 6.07 Å². The lowest BCUT2D eigenvalue weighted by atomic mass is 10.1. The fourth-order valence-electron chi connectivity index (χ4n) is 2.62. The first-order chi connectivity index (χ1) is 9.81. The highest BCUT2D eigenvalue weighted by atomic mass is 35.5. The van der Waals surface area contributed by atoms with Crippen LogP contribution in [0.25, 0.3) is 0 Å². The fourth-order valence-corrected chi connectivity index (χ4v) is 2.87. The second-order valence-corrected chi connectivity index (χ2v) is 5.22. The van der Waals surface area contributed by atoms with Crippen molar-refractivity contribution in [1.29, 1.82) is 5.26 Å². The van der Waals surface area contributed by atoms with Crippen molar-refractivity contribution >= 4 is 23.1 Å². The highest BCUT2D eigenvalue weighted by molar-refractivity contribution is 6.34. The van der Waals surface area contributed by atoms with E-state index in [1.165, 1.54) is 5.56 Å². The summed E-state index contributed by atoms with van der Waals surface area (Å²) in [5.41, 5.74) is 2.93. The maximum absolute atomic E-state index is 9.11. The van der Waals surface area contributed by atoms with Crippen molar-refractivity contribution in [3.63, 3.8) is 0 Å². The Morgan fingerprint density at radius 3 is 2.90 bits per heavy atom. The van der Waals surface area contributed by atoms with E-state index in [9.17, 15) is 0 Å². The Balaban J connectivity index is 2.13. The molecule has 0 spiro atoms. The van der Waals surface area contributed by atoms with Gasteiger partial charge in [0, 0.05) is 18.4 Å². The first kappa shape index (κ1) is 13.0.